The number of rotatable bonds is 6. The largest absolute Gasteiger partial charge is 0.394 e. The Morgan fingerprint density at radius 3 is 2.54 bits per heavy atom. The highest BCUT2D eigenvalue weighted by molar-refractivity contribution is 6.42. The molecule has 0 saturated carbocycles. The first-order valence-electron chi connectivity index (χ1n) is 8.37. The summed E-state index contributed by atoms with van der Waals surface area (Å²) in [6.45, 7) is -0.347. The number of halogens is 2. The summed E-state index contributed by atoms with van der Waals surface area (Å²) < 4.78 is 3.88. The lowest BCUT2D eigenvalue weighted by molar-refractivity contribution is 0.105. The van der Waals surface area contributed by atoms with Gasteiger partial charge in [-0.05, 0) is 17.7 Å². The number of aliphatic hydroxyl groups excluding tert-OH is 2. The number of hydrogen-bond donors (Lipinski definition) is 3. The van der Waals surface area contributed by atoms with Gasteiger partial charge in [0.2, 0.25) is 5.95 Å². The van der Waals surface area contributed by atoms with E-state index in [9.17, 15) is 14.7 Å². The third kappa shape index (κ3) is 3.66. The second kappa shape index (κ2) is 7.96. The van der Waals surface area contributed by atoms with Gasteiger partial charge in [-0.25, -0.2) is 4.79 Å². The van der Waals surface area contributed by atoms with E-state index in [4.69, 9.17) is 28.3 Å². The number of aryl methyl sites for hydroxylation is 2. The Balaban J connectivity index is 2.09. The number of benzene rings is 1. The van der Waals surface area contributed by atoms with Crippen LogP contribution in [0.15, 0.2) is 27.8 Å². The zero-order valence-corrected chi connectivity index (χ0v) is 16.7. The van der Waals surface area contributed by atoms with Crippen molar-refractivity contribution < 1.29 is 10.2 Å². The molecule has 0 radical (unpaired) electrons. The lowest BCUT2D eigenvalue weighted by atomic mass is 10.2. The minimum Gasteiger partial charge on any atom is -0.394 e. The molecular formula is C17H19Cl2N5O4. The van der Waals surface area contributed by atoms with Gasteiger partial charge in [-0.1, -0.05) is 29.3 Å². The van der Waals surface area contributed by atoms with Gasteiger partial charge in [0.1, 0.15) is 0 Å². The summed E-state index contributed by atoms with van der Waals surface area (Å²) in [5.41, 5.74) is 0.0603. The van der Waals surface area contributed by atoms with E-state index in [0.717, 1.165) is 4.57 Å². The summed E-state index contributed by atoms with van der Waals surface area (Å²) in [4.78, 5) is 30.0. The molecule has 3 aromatic rings. The average molecular weight is 428 g/mol. The highest BCUT2D eigenvalue weighted by Crippen LogP contribution is 2.22. The highest BCUT2D eigenvalue weighted by atomic mass is 35.5. The fraction of sp³-hybridized carbons (Fsp3) is 0.353. The molecule has 9 nitrogen and oxygen atoms in total. The average Bonchev–Trinajstić information content (AvgIpc) is 3.01. The molecule has 28 heavy (non-hydrogen) atoms. The van der Waals surface area contributed by atoms with Crippen LogP contribution in [-0.2, 0) is 20.6 Å². The van der Waals surface area contributed by atoms with Gasteiger partial charge in [-0.3, -0.25) is 13.9 Å². The normalized spacial score (nSPS) is 12.5. The smallest absolute Gasteiger partial charge is 0.332 e. The van der Waals surface area contributed by atoms with Crippen LogP contribution >= 0.6 is 23.2 Å². The standard InChI is InChI=1S/C17H19Cl2N5O4/c1-22-13-14(21-16(22)20-6-10(26)8-25)23(2)17(28)24(15(13)27)7-9-3-4-11(18)12(19)5-9/h3-5,10,25-26H,6-8H2,1-2H3,(H,20,21)/t10-/m0/s1. The van der Waals surface area contributed by atoms with Crippen molar-refractivity contribution in [3.63, 3.8) is 0 Å². The molecule has 0 saturated heterocycles. The Labute approximate surface area is 169 Å². The number of hydrogen-bond acceptors (Lipinski definition) is 6. The molecule has 2 aromatic heterocycles. The van der Waals surface area contributed by atoms with Crippen molar-refractivity contribution in [2.24, 2.45) is 14.1 Å². The van der Waals surface area contributed by atoms with Crippen LogP contribution < -0.4 is 16.6 Å². The van der Waals surface area contributed by atoms with Gasteiger partial charge in [-0.15, -0.1) is 0 Å². The first-order valence-corrected chi connectivity index (χ1v) is 9.13. The predicted octanol–water partition coefficient (Wildman–Crippen LogP) is 0.554. The van der Waals surface area contributed by atoms with Crippen LogP contribution in [-0.4, -0.2) is 48.2 Å². The third-order valence-electron chi connectivity index (χ3n) is 4.39. The minimum atomic E-state index is -0.977. The molecule has 0 unspecified atom stereocenters. The van der Waals surface area contributed by atoms with Gasteiger partial charge in [0.05, 0.1) is 29.3 Å². The van der Waals surface area contributed by atoms with E-state index in [1.54, 1.807) is 25.2 Å². The SMILES string of the molecule is Cn1c(NC[C@H](O)CO)nc2c1c(=O)n(Cc1ccc(Cl)c(Cl)c1)c(=O)n2C. The van der Waals surface area contributed by atoms with E-state index in [1.807, 2.05) is 0 Å². The van der Waals surface area contributed by atoms with Gasteiger partial charge in [0.15, 0.2) is 11.2 Å². The van der Waals surface area contributed by atoms with Gasteiger partial charge in [0, 0.05) is 20.6 Å². The number of nitrogens with zero attached hydrogens (tertiary/aromatic N) is 4. The zero-order valence-electron chi connectivity index (χ0n) is 15.2. The summed E-state index contributed by atoms with van der Waals surface area (Å²) in [6, 6.07) is 4.90. The molecule has 2 heterocycles. The molecule has 0 aliphatic rings. The van der Waals surface area contributed by atoms with Crippen molar-refractivity contribution in [3.8, 4) is 0 Å². The maximum Gasteiger partial charge on any atom is 0.332 e. The van der Waals surface area contributed by atoms with E-state index in [2.05, 4.69) is 10.3 Å². The van der Waals surface area contributed by atoms with Crippen LogP contribution in [0.5, 0.6) is 0 Å². The monoisotopic (exact) mass is 427 g/mol. The molecule has 1 aromatic carbocycles. The Hall–Kier alpha value is -2.33. The maximum atomic E-state index is 13.0. The summed E-state index contributed by atoms with van der Waals surface area (Å²) in [5, 5.41) is 22.0. The molecule has 0 fully saturated rings. The van der Waals surface area contributed by atoms with E-state index in [0.29, 0.717) is 21.6 Å². The lowest BCUT2D eigenvalue weighted by Crippen LogP contribution is -2.39. The minimum absolute atomic E-state index is 0.0233. The molecule has 11 heteroatoms. The third-order valence-corrected chi connectivity index (χ3v) is 5.13. The van der Waals surface area contributed by atoms with Crippen molar-refractivity contribution in [3.05, 3.63) is 54.6 Å². The van der Waals surface area contributed by atoms with Crippen LogP contribution in [0.25, 0.3) is 11.2 Å². The Morgan fingerprint density at radius 2 is 1.89 bits per heavy atom. The molecule has 0 spiro atoms. The fourth-order valence-electron chi connectivity index (χ4n) is 2.84. The van der Waals surface area contributed by atoms with E-state index < -0.39 is 24.0 Å². The quantitative estimate of drug-likeness (QED) is 0.529. The summed E-state index contributed by atoms with van der Waals surface area (Å²) in [6.07, 6.45) is -0.977. The summed E-state index contributed by atoms with van der Waals surface area (Å²) in [5.74, 6) is 0.293. The van der Waals surface area contributed by atoms with Crippen LogP contribution in [0, 0.1) is 0 Å². The highest BCUT2D eigenvalue weighted by Gasteiger charge is 2.19. The zero-order chi connectivity index (χ0) is 20.6. The van der Waals surface area contributed by atoms with Crippen molar-refractivity contribution in [1.29, 1.82) is 0 Å². The Bertz CT molecular complexity index is 1150. The van der Waals surface area contributed by atoms with Crippen molar-refractivity contribution in [1.82, 2.24) is 18.7 Å². The van der Waals surface area contributed by atoms with Gasteiger partial charge < -0.3 is 20.1 Å². The molecule has 3 rings (SSSR count). The van der Waals surface area contributed by atoms with Crippen LogP contribution in [0.3, 0.4) is 0 Å². The van der Waals surface area contributed by atoms with Crippen molar-refractivity contribution in [2.75, 3.05) is 18.5 Å². The van der Waals surface area contributed by atoms with E-state index >= 15 is 0 Å². The second-order valence-corrected chi connectivity index (χ2v) is 7.18. The van der Waals surface area contributed by atoms with Crippen LogP contribution in [0.2, 0.25) is 10.0 Å². The lowest BCUT2D eigenvalue weighted by Gasteiger charge is -2.10. The topological polar surface area (TPSA) is 114 Å². The molecule has 0 aliphatic heterocycles. The Kier molecular flexibility index (Phi) is 5.80. The Morgan fingerprint density at radius 1 is 1.18 bits per heavy atom. The summed E-state index contributed by atoms with van der Waals surface area (Å²) in [7, 11) is 3.15. The molecular weight excluding hydrogens is 409 g/mol. The maximum absolute atomic E-state index is 13.0. The van der Waals surface area contributed by atoms with Crippen LogP contribution in [0.1, 0.15) is 5.56 Å². The molecule has 0 amide bonds. The van der Waals surface area contributed by atoms with Gasteiger partial charge in [-0.2, -0.15) is 4.98 Å². The van der Waals surface area contributed by atoms with E-state index in [-0.39, 0.29) is 24.3 Å². The second-order valence-electron chi connectivity index (χ2n) is 6.37. The first kappa shape index (κ1) is 20.4. The number of nitrogens with one attached hydrogen (secondary N) is 1. The van der Waals surface area contributed by atoms with Crippen molar-refractivity contribution in [2.45, 2.75) is 12.6 Å². The number of aromatic nitrogens is 4. The van der Waals surface area contributed by atoms with E-state index in [1.165, 1.54) is 16.2 Å². The van der Waals surface area contributed by atoms with Crippen LogP contribution in [0.4, 0.5) is 5.95 Å². The van der Waals surface area contributed by atoms with Crippen molar-refractivity contribution >= 4 is 40.3 Å². The number of aliphatic hydroxyl groups is 2. The first-order chi connectivity index (χ1) is 13.2. The molecule has 0 aliphatic carbocycles. The molecule has 3 N–H and O–H groups in total. The number of imidazole rings is 1. The van der Waals surface area contributed by atoms with Gasteiger partial charge in [0.25, 0.3) is 5.56 Å². The molecule has 1 atom stereocenters. The molecule has 150 valence electrons. The fourth-order valence-corrected chi connectivity index (χ4v) is 3.16. The predicted molar refractivity (Wildman–Crippen MR) is 107 cm³/mol. The number of anilines is 1. The summed E-state index contributed by atoms with van der Waals surface area (Å²) >= 11 is 11.9. The van der Waals surface area contributed by atoms with Gasteiger partial charge >= 0.3 is 5.69 Å². The molecule has 0 bridgehead atoms. The number of fused-ring (bicyclic) bond motifs is 1.